The van der Waals surface area contributed by atoms with Crippen molar-refractivity contribution in [2.24, 2.45) is 0 Å². The third-order valence-corrected chi connectivity index (χ3v) is 7.25. The Kier molecular flexibility index (Phi) is 6.52. The van der Waals surface area contributed by atoms with Gasteiger partial charge >= 0.3 is 6.09 Å². The molecule has 0 spiro atoms. The molecule has 0 bridgehead atoms. The third kappa shape index (κ3) is 5.05. The number of fused-ring (bicyclic) bond motifs is 1. The first-order valence-corrected chi connectivity index (χ1v) is 12.6. The number of halogens is 3. The van der Waals surface area contributed by atoms with E-state index in [4.69, 9.17) is 4.74 Å². The van der Waals surface area contributed by atoms with Gasteiger partial charge in [0, 0.05) is 53.8 Å². The molecule has 0 aromatic carbocycles. The Morgan fingerprint density at radius 3 is 2.61 bits per heavy atom. The number of hydrogen-bond acceptors (Lipinski definition) is 5. The van der Waals surface area contributed by atoms with Gasteiger partial charge in [0.1, 0.15) is 23.4 Å². The highest BCUT2D eigenvalue weighted by Crippen LogP contribution is 2.42. The number of piperazine rings is 1. The molecule has 2 unspecified atom stereocenters. The largest absolute Gasteiger partial charge is 0.444 e. The van der Waals surface area contributed by atoms with Gasteiger partial charge in [0.2, 0.25) is 5.92 Å². The summed E-state index contributed by atoms with van der Waals surface area (Å²) in [5.41, 5.74) is 0.145. The molecule has 1 amide bonds. The Labute approximate surface area is 207 Å². The summed E-state index contributed by atoms with van der Waals surface area (Å²) in [6, 6.07) is -0.342. The molecule has 33 heavy (non-hydrogen) atoms. The predicted molar refractivity (Wildman–Crippen MR) is 132 cm³/mol. The highest BCUT2D eigenvalue weighted by atomic mass is 127. The van der Waals surface area contributed by atoms with Crippen LogP contribution in [0, 0.1) is 3.57 Å². The fraction of sp³-hybridized carbons (Fsp3) is 0.696. The first kappa shape index (κ1) is 24.4. The second kappa shape index (κ2) is 8.81. The average Bonchev–Trinajstić information content (AvgIpc) is 3.04. The zero-order valence-corrected chi connectivity index (χ0v) is 22.0. The topological polar surface area (TPSA) is 63.5 Å². The van der Waals surface area contributed by atoms with Crippen LogP contribution in [0.25, 0.3) is 11.0 Å². The van der Waals surface area contributed by atoms with Gasteiger partial charge in [0.25, 0.3) is 0 Å². The normalized spacial score (nSPS) is 26.0. The van der Waals surface area contributed by atoms with Gasteiger partial charge in [-0.25, -0.2) is 23.5 Å². The fourth-order valence-electron chi connectivity index (χ4n) is 4.90. The number of rotatable bonds is 2. The summed E-state index contributed by atoms with van der Waals surface area (Å²) in [6.07, 6.45) is 4.16. The second-order valence-electron chi connectivity index (χ2n) is 10.4. The Bertz CT molecular complexity index is 1040. The van der Waals surface area contributed by atoms with Crippen molar-refractivity contribution in [3.8, 4) is 0 Å². The molecule has 1 saturated heterocycles. The average molecular weight is 575 g/mol. The van der Waals surface area contributed by atoms with Crippen LogP contribution in [0.1, 0.15) is 66.3 Å². The maximum atomic E-state index is 14.1. The molecule has 2 aliphatic rings. The molecule has 1 saturated carbocycles. The van der Waals surface area contributed by atoms with E-state index in [-0.39, 0.29) is 37.1 Å². The summed E-state index contributed by atoms with van der Waals surface area (Å²) in [5.74, 6) is -1.85. The monoisotopic (exact) mass is 575 g/mol. The molecule has 3 heterocycles. The van der Waals surface area contributed by atoms with E-state index >= 15 is 0 Å². The summed E-state index contributed by atoms with van der Waals surface area (Å²) in [4.78, 5) is 25.8. The van der Waals surface area contributed by atoms with Crippen LogP contribution in [-0.4, -0.2) is 62.2 Å². The minimum Gasteiger partial charge on any atom is -0.444 e. The number of carbonyl (C=O) groups is 1. The standard InChI is InChI=1S/C23H32F2IN5O2/c1-14-11-30(21(32)33-22(3,4)5)15(2)10-29(14)19-18-17(26)12-31(20(18)28-13-27-19)16-7-6-8-23(24,25)9-16/h12-16H,6-11H2,1-5H3/t14?,15-,16?/m0/s1. The van der Waals surface area contributed by atoms with E-state index in [1.165, 1.54) is 6.33 Å². The van der Waals surface area contributed by atoms with Crippen molar-refractivity contribution in [3.63, 3.8) is 0 Å². The van der Waals surface area contributed by atoms with Gasteiger partial charge in [0.05, 0.1) is 5.39 Å². The molecule has 2 aromatic rings. The predicted octanol–water partition coefficient (Wildman–Crippen LogP) is 5.62. The van der Waals surface area contributed by atoms with E-state index in [9.17, 15) is 13.6 Å². The number of hydrogen-bond donors (Lipinski definition) is 0. The van der Waals surface area contributed by atoms with Crippen molar-refractivity contribution in [2.45, 2.75) is 90.0 Å². The number of amides is 1. The lowest BCUT2D eigenvalue weighted by molar-refractivity contribution is -0.0491. The molecule has 1 aliphatic carbocycles. The van der Waals surface area contributed by atoms with E-state index in [0.29, 0.717) is 25.2 Å². The second-order valence-corrected chi connectivity index (χ2v) is 11.5. The number of anilines is 1. The van der Waals surface area contributed by atoms with Crippen LogP contribution in [0.2, 0.25) is 0 Å². The molecule has 10 heteroatoms. The van der Waals surface area contributed by atoms with E-state index in [0.717, 1.165) is 21.2 Å². The van der Waals surface area contributed by atoms with E-state index in [1.54, 1.807) is 4.90 Å². The smallest absolute Gasteiger partial charge is 0.410 e. The van der Waals surface area contributed by atoms with Crippen LogP contribution >= 0.6 is 22.6 Å². The fourth-order valence-corrected chi connectivity index (χ4v) is 5.68. The van der Waals surface area contributed by atoms with Crippen molar-refractivity contribution in [2.75, 3.05) is 18.0 Å². The highest BCUT2D eigenvalue weighted by molar-refractivity contribution is 14.1. The molecule has 4 rings (SSSR count). The van der Waals surface area contributed by atoms with E-state index in [2.05, 4.69) is 44.4 Å². The number of alkyl halides is 2. The highest BCUT2D eigenvalue weighted by Gasteiger charge is 2.39. The Hall–Kier alpha value is -1.72. The van der Waals surface area contributed by atoms with Crippen LogP contribution in [0.4, 0.5) is 19.4 Å². The van der Waals surface area contributed by atoms with Crippen LogP contribution in [-0.2, 0) is 4.74 Å². The van der Waals surface area contributed by atoms with Crippen LogP contribution < -0.4 is 4.90 Å². The number of carbonyl (C=O) groups excluding carboxylic acids is 1. The van der Waals surface area contributed by atoms with Crippen molar-refractivity contribution in [1.82, 2.24) is 19.4 Å². The molecule has 7 nitrogen and oxygen atoms in total. The van der Waals surface area contributed by atoms with E-state index < -0.39 is 11.5 Å². The van der Waals surface area contributed by atoms with Crippen molar-refractivity contribution in [3.05, 3.63) is 16.1 Å². The van der Waals surface area contributed by atoms with Gasteiger partial charge in [0.15, 0.2) is 0 Å². The molecule has 0 N–H and O–H groups in total. The molecule has 3 atom stereocenters. The van der Waals surface area contributed by atoms with Crippen molar-refractivity contribution >= 4 is 45.5 Å². The van der Waals surface area contributed by atoms with Gasteiger partial charge < -0.3 is 19.1 Å². The zero-order chi connectivity index (χ0) is 24.1. The van der Waals surface area contributed by atoms with Crippen LogP contribution in [0.5, 0.6) is 0 Å². The van der Waals surface area contributed by atoms with E-state index in [1.807, 2.05) is 38.5 Å². The third-order valence-electron chi connectivity index (χ3n) is 6.44. The SMILES string of the molecule is CC1CN(C(=O)OC(C)(C)C)[C@@H](C)CN1c1ncnc2c1c(I)cn2C1CCCC(F)(F)C1. The molecular formula is C23H32F2IN5O2. The zero-order valence-electron chi connectivity index (χ0n) is 19.8. The molecular weight excluding hydrogens is 543 g/mol. The summed E-state index contributed by atoms with van der Waals surface area (Å²) >= 11 is 2.25. The summed E-state index contributed by atoms with van der Waals surface area (Å²) < 4.78 is 36.7. The number of aromatic nitrogens is 3. The minimum absolute atomic E-state index is 0.00461. The van der Waals surface area contributed by atoms with Gasteiger partial charge in [-0.3, -0.25) is 0 Å². The first-order chi connectivity index (χ1) is 15.4. The van der Waals surface area contributed by atoms with Gasteiger partial charge in [-0.1, -0.05) is 0 Å². The lowest BCUT2D eigenvalue weighted by Gasteiger charge is -2.44. The molecule has 0 radical (unpaired) electrons. The summed E-state index contributed by atoms with van der Waals surface area (Å²) in [6.45, 7) is 10.7. The number of nitrogens with zero attached hydrogens (tertiary/aromatic N) is 5. The van der Waals surface area contributed by atoms with Gasteiger partial charge in [-0.2, -0.15) is 0 Å². The quantitative estimate of drug-likeness (QED) is 0.435. The van der Waals surface area contributed by atoms with Crippen LogP contribution in [0.3, 0.4) is 0 Å². The Morgan fingerprint density at radius 2 is 1.94 bits per heavy atom. The van der Waals surface area contributed by atoms with Crippen molar-refractivity contribution in [1.29, 1.82) is 0 Å². The lowest BCUT2D eigenvalue weighted by atomic mass is 9.92. The number of ether oxygens (including phenoxy) is 1. The van der Waals surface area contributed by atoms with Gasteiger partial charge in [-0.05, 0) is 70.1 Å². The maximum Gasteiger partial charge on any atom is 0.410 e. The van der Waals surface area contributed by atoms with Crippen molar-refractivity contribution < 1.29 is 18.3 Å². The summed E-state index contributed by atoms with van der Waals surface area (Å²) in [7, 11) is 0. The molecule has 2 fully saturated rings. The van der Waals surface area contributed by atoms with Gasteiger partial charge in [-0.15, -0.1) is 0 Å². The first-order valence-electron chi connectivity index (χ1n) is 11.5. The molecule has 182 valence electrons. The lowest BCUT2D eigenvalue weighted by Crippen LogP contribution is -2.59. The Balaban J connectivity index is 1.63. The van der Waals surface area contributed by atoms with Crippen LogP contribution in [0.15, 0.2) is 12.5 Å². The minimum atomic E-state index is -2.64. The molecule has 1 aliphatic heterocycles. The molecule has 2 aromatic heterocycles. The maximum absolute atomic E-state index is 14.1. The summed E-state index contributed by atoms with van der Waals surface area (Å²) in [5, 5.41) is 0.886. The Morgan fingerprint density at radius 1 is 1.21 bits per heavy atom.